The second-order valence-corrected chi connectivity index (χ2v) is 9.38. The molecule has 3 rings (SSSR count). The van der Waals surface area contributed by atoms with Crippen LogP contribution in [0.3, 0.4) is 0 Å². The average Bonchev–Trinajstić information content (AvgIpc) is 2.41. The van der Waals surface area contributed by atoms with E-state index in [1.165, 1.54) is 43.8 Å². The molecule has 0 aliphatic carbocycles. The Morgan fingerprint density at radius 1 is 0.458 bits per heavy atom. The van der Waals surface area contributed by atoms with Crippen molar-refractivity contribution in [2.45, 2.75) is 66.2 Å². The van der Waals surface area contributed by atoms with E-state index in [2.05, 4.69) is 91.8 Å². The molecule has 3 aromatic rings. The smallest absolute Gasteiger partial charge is 0.0129 e. The first-order chi connectivity index (χ1) is 11.0. The summed E-state index contributed by atoms with van der Waals surface area (Å²) < 4.78 is 0. The Kier molecular flexibility index (Phi) is 3.79. The van der Waals surface area contributed by atoms with Gasteiger partial charge in [0.1, 0.15) is 0 Å². The van der Waals surface area contributed by atoms with Crippen LogP contribution in [0.4, 0.5) is 0 Å². The Bertz CT molecular complexity index is 853. The highest BCUT2D eigenvalue weighted by Crippen LogP contribution is 2.34. The predicted octanol–water partition coefficient (Wildman–Crippen LogP) is 7.20. The molecule has 0 amide bonds. The standard InChI is InChI=1S/C24H30/c1-15-9-17-11-18-10-16(2)22(24(6,7)8)14-20(18)12-19(17)13-21(15)23(3,4)5/h9-14H,1-8H3. The highest BCUT2D eigenvalue weighted by Gasteiger charge is 2.19. The van der Waals surface area contributed by atoms with E-state index < -0.39 is 0 Å². The van der Waals surface area contributed by atoms with E-state index in [0.29, 0.717) is 0 Å². The summed E-state index contributed by atoms with van der Waals surface area (Å²) in [6, 6.07) is 14.2. The summed E-state index contributed by atoms with van der Waals surface area (Å²) in [6.45, 7) is 18.2. The van der Waals surface area contributed by atoms with Crippen LogP contribution in [0.15, 0.2) is 36.4 Å². The Morgan fingerprint density at radius 2 is 0.750 bits per heavy atom. The van der Waals surface area contributed by atoms with Gasteiger partial charge in [-0.25, -0.2) is 0 Å². The van der Waals surface area contributed by atoms with Crippen LogP contribution < -0.4 is 0 Å². The molecule has 0 N–H and O–H groups in total. The zero-order valence-corrected chi connectivity index (χ0v) is 16.5. The maximum absolute atomic E-state index is 2.39. The largest absolute Gasteiger partial charge is 0.0561 e. The van der Waals surface area contributed by atoms with E-state index in [9.17, 15) is 0 Å². The molecular weight excluding hydrogens is 288 g/mol. The van der Waals surface area contributed by atoms with Crippen molar-refractivity contribution >= 4 is 21.5 Å². The number of benzene rings is 3. The Morgan fingerprint density at radius 3 is 1.04 bits per heavy atom. The summed E-state index contributed by atoms with van der Waals surface area (Å²) in [6.07, 6.45) is 0. The number of fused-ring (bicyclic) bond motifs is 2. The molecule has 0 nitrogen and oxygen atoms in total. The molecule has 0 unspecified atom stereocenters. The Balaban J connectivity index is 2.33. The van der Waals surface area contributed by atoms with Crippen LogP contribution in [-0.2, 0) is 10.8 Å². The van der Waals surface area contributed by atoms with Crippen LogP contribution in [0.1, 0.15) is 63.8 Å². The first kappa shape index (κ1) is 17.0. The molecule has 0 fully saturated rings. The van der Waals surface area contributed by atoms with E-state index in [-0.39, 0.29) is 10.8 Å². The van der Waals surface area contributed by atoms with Crippen LogP contribution in [0, 0.1) is 13.8 Å². The monoisotopic (exact) mass is 318 g/mol. The van der Waals surface area contributed by atoms with Gasteiger partial charge in [-0.05, 0) is 80.6 Å². The van der Waals surface area contributed by atoms with Crippen LogP contribution in [0.2, 0.25) is 0 Å². The third kappa shape index (κ3) is 2.95. The van der Waals surface area contributed by atoms with Gasteiger partial charge in [0, 0.05) is 0 Å². The van der Waals surface area contributed by atoms with Gasteiger partial charge in [0.15, 0.2) is 0 Å². The van der Waals surface area contributed by atoms with E-state index in [0.717, 1.165) is 0 Å². The summed E-state index contributed by atoms with van der Waals surface area (Å²) in [5, 5.41) is 5.38. The highest BCUT2D eigenvalue weighted by molar-refractivity contribution is 5.99. The minimum atomic E-state index is 0.178. The van der Waals surface area contributed by atoms with Gasteiger partial charge in [0.2, 0.25) is 0 Å². The summed E-state index contributed by atoms with van der Waals surface area (Å²) in [4.78, 5) is 0. The molecule has 0 radical (unpaired) electrons. The molecular formula is C24H30. The van der Waals surface area contributed by atoms with Crippen LogP contribution >= 0.6 is 0 Å². The summed E-state index contributed by atoms with van der Waals surface area (Å²) in [5.74, 6) is 0. The fraction of sp³-hybridized carbons (Fsp3) is 0.417. The van der Waals surface area contributed by atoms with E-state index in [1.54, 1.807) is 0 Å². The van der Waals surface area contributed by atoms with Crippen molar-refractivity contribution < 1.29 is 0 Å². The van der Waals surface area contributed by atoms with Gasteiger partial charge in [-0.3, -0.25) is 0 Å². The third-order valence-electron chi connectivity index (χ3n) is 5.10. The summed E-state index contributed by atoms with van der Waals surface area (Å²) in [5.41, 5.74) is 6.01. The second kappa shape index (κ2) is 5.34. The van der Waals surface area contributed by atoms with Gasteiger partial charge in [-0.1, -0.05) is 65.8 Å². The van der Waals surface area contributed by atoms with Crippen LogP contribution in [-0.4, -0.2) is 0 Å². The molecule has 0 bridgehead atoms. The molecule has 3 aromatic carbocycles. The lowest BCUT2D eigenvalue weighted by Gasteiger charge is -2.24. The number of rotatable bonds is 0. The normalized spacial score (nSPS) is 13.0. The molecule has 0 aliphatic rings. The Hall–Kier alpha value is -1.82. The van der Waals surface area contributed by atoms with Gasteiger partial charge in [-0.15, -0.1) is 0 Å². The highest BCUT2D eigenvalue weighted by atomic mass is 14.2. The van der Waals surface area contributed by atoms with Gasteiger partial charge >= 0.3 is 0 Å². The van der Waals surface area contributed by atoms with Crippen molar-refractivity contribution in [1.29, 1.82) is 0 Å². The quantitative estimate of drug-likeness (QED) is 0.384. The van der Waals surface area contributed by atoms with Crippen LogP contribution in [0.5, 0.6) is 0 Å². The van der Waals surface area contributed by atoms with Gasteiger partial charge in [0.25, 0.3) is 0 Å². The molecule has 0 saturated heterocycles. The fourth-order valence-electron chi connectivity index (χ4n) is 3.95. The second-order valence-electron chi connectivity index (χ2n) is 9.38. The molecule has 0 aromatic heterocycles. The van der Waals surface area contributed by atoms with Crippen molar-refractivity contribution in [3.63, 3.8) is 0 Å². The molecule has 126 valence electrons. The molecule has 0 heterocycles. The predicted molar refractivity (Wildman–Crippen MR) is 108 cm³/mol. The molecule has 0 spiro atoms. The molecule has 0 heteroatoms. The minimum absolute atomic E-state index is 0.178. The number of aryl methyl sites for hydroxylation is 2. The molecule has 24 heavy (non-hydrogen) atoms. The molecule has 0 saturated carbocycles. The SMILES string of the molecule is Cc1cc2cc3cc(C)c(C(C)(C)C)cc3cc2cc1C(C)(C)C. The van der Waals surface area contributed by atoms with Crippen molar-refractivity contribution in [2.24, 2.45) is 0 Å². The summed E-state index contributed by atoms with van der Waals surface area (Å²) >= 11 is 0. The lowest BCUT2D eigenvalue weighted by atomic mass is 9.81. The topological polar surface area (TPSA) is 0 Å². The van der Waals surface area contributed by atoms with Crippen molar-refractivity contribution in [1.82, 2.24) is 0 Å². The number of hydrogen-bond donors (Lipinski definition) is 0. The zero-order chi connectivity index (χ0) is 17.9. The first-order valence-corrected chi connectivity index (χ1v) is 8.96. The fourth-order valence-corrected chi connectivity index (χ4v) is 3.95. The van der Waals surface area contributed by atoms with Crippen molar-refractivity contribution in [3.8, 4) is 0 Å². The van der Waals surface area contributed by atoms with E-state index in [4.69, 9.17) is 0 Å². The summed E-state index contributed by atoms with van der Waals surface area (Å²) in [7, 11) is 0. The lowest BCUT2D eigenvalue weighted by molar-refractivity contribution is 0.587. The lowest BCUT2D eigenvalue weighted by Crippen LogP contribution is -2.13. The third-order valence-corrected chi connectivity index (χ3v) is 5.10. The van der Waals surface area contributed by atoms with Gasteiger partial charge < -0.3 is 0 Å². The number of hydrogen-bond acceptors (Lipinski definition) is 0. The van der Waals surface area contributed by atoms with Crippen molar-refractivity contribution in [2.75, 3.05) is 0 Å². The molecule has 0 aliphatic heterocycles. The van der Waals surface area contributed by atoms with E-state index in [1.807, 2.05) is 0 Å². The van der Waals surface area contributed by atoms with E-state index >= 15 is 0 Å². The maximum Gasteiger partial charge on any atom is -0.0129 e. The minimum Gasteiger partial charge on any atom is -0.0561 e. The van der Waals surface area contributed by atoms with Gasteiger partial charge in [-0.2, -0.15) is 0 Å². The zero-order valence-electron chi connectivity index (χ0n) is 16.5. The molecule has 0 atom stereocenters. The Labute approximate surface area is 146 Å². The van der Waals surface area contributed by atoms with Crippen molar-refractivity contribution in [3.05, 3.63) is 58.7 Å². The average molecular weight is 319 g/mol. The van der Waals surface area contributed by atoms with Gasteiger partial charge in [0.05, 0.1) is 0 Å². The first-order valence-electron chi connectivity index (χ1n) is 8.96. The van der Waals surface area contributed by atoms with Crippen LogP contribution in [0.25, 0.3) is 21.5 Å². The maximum atomic E-state index is 2.39.